The summed E-state index contributed by atoms with van der Waals surface area (Å²) >= 11 is 0. The predicted molar refractivity (Wildman–Crippen MR) is 70.1 cm³/mol. The Morgan fingerprint density at radius 3 is 2.59 bits per heavy atom. The summed E-state index contributed by atoms with van der Waals surface area (Å²) in [5.41, 5.74) is 5.62. The molecular formula is C13H27N3O. The molecule has 0 aliphatic carbocycles. The fraction of sp³-hybridized carbons (Fsp3) is 1.00. The molecule has 2 unspecified atom stereocenters. The standard InChI is InChI=1S/C13H27N3O/c1-12-3-4-13(17-12)11-16-7-2-6-15(8-5-14)9-10-16/h12-13H,2-11,14H2,1H3. The molecule has 2 atom stereocenters. The van der Waals surface area contributed by atoms with Gasteiger partial charge < -0.3 is 15.4 Å². The van der Waals surface area contributed by atoms with Crippen molar-refractivity contribution < 1.29 is 4.74 Å². The lowest BCUT2D eigenvalue weighted by molar-refractivity contribution is 0.0322. The van der Waals surface area contributed by atoms with Crippen molar-refractivity contribution in [3.63, 3.8) is 0 Å². The molecule has 0 aromatic rings. The van der Waals surface area contributed by atoms with Crippen LogP contribution in [0.3, 0.4) is 0 Å². The van der Waals surface area contributed by atoms with Gasteiger partial charge in [0.1, 0.15) is 0 Å². The first-order valence-corrected chi connectivity index (χ1v) is 7.08. The summed E-state index contributed by atoms with van der Waals surface area (Å²) in [4.78, 5) is 5.05. The Balaban J connectivity index is 1.71. The van der Waals surface area contributed by atoms with E-state index < -0.39 is 0 Å². The lowest BCUT2D eigenvalue weighted by Gasteiger charge is -2.24. The lowest BCUT2D eigenvalue weighted by atomic mass is 10.2. The van der Waals surface area contributed by atoms with Gasteiger partial charge in [-0.25, -0.2) is 0 Å². The third-order valence-corrected chi connectivity index (χ3v) is 3.91. The molecule has 4 heteroatoms. The van der Waals surface area contributed by atoms with Crippen LogP contribution >= 0.6 is 0 Å². The van der Waals surface area contributed by atoms with Crippen molar-refractivity contribution in [1.82, 2.24) is 9.80 Å². The Labute approximate surface area is 105 Å². The van der Waals surface area contributed by atoms with Crippen molar-refractivity contribution in [2.75, 3.05) is 45.8 Å². The number of hydrogen-bond donors (Lipinski definition) is 1. The number of rotatable bonds is 4. The van der Waals surface area contributed by atoms with E-state index in [4.69, 9.17) is 10.5 Å². The maximum absolute atomic E-state index is 5.90. The van der Waals surface area contributed by atoms with Gasteiger partial charge in [0, 0.05) is 32.7 Å². The van der Waals surface area contributed by atoms with E-state index in [0.717, 1.165) is 19.6 Å². The molecule has 2 fully saturated rings. The first-order chi connectivity index (χ1) is 8.28. The molecule has 0 bridgehead atoms. The fourth-order valence-electron chi connectivity index (χ4n) is 2.92. The SMILES string of the molecule is CC1CCC(CN2CCCN(CCN)CC2)O1. The normalized spacial score (nSPS) is 32.8. The fourth-order valence-corrected chi connectivity index (χ4v) is 2.92. The molecule has 2 saturated heterocycles. The van der Waals surface area contributed by atoms with Gasteiger partial charge in [0.25, 0.3) is 0 Å². The number of hydrogen-bond acceptors (Lipinski definition) is 4. The number of nitrogens with two attached hydrogens (primary N) is 1. The van der Waals surface area contributed by atoms with Crippen LogP contribution in [0.4, 0.5) is 0 Å². The van der Waals surface area contributed by atoms with E-state index >= 15 is 0 Å². The van der Waals surface area contributed by atoms with Crippen LogP contribution in [0.5, 0.6) is 0 Å². The summed E-state index contributed by atoms with van der Waals surface area (Å²) in [5, 5.41) is 0. The first kappa shape index (κ1) is 13.3. The molecule has 0 radical (unpaired) electrons. The second-order valence-corrected chi connectivity index (χ2v) is 5.43. The quantitative estimate of drug-likeness (QED) is 0.779. The number of ether oxygens (including phenoxy) is 1. The van der Waals surface area contributed by atoms with Crippen molar-refractivity contribution >= 4 is 0 Å². The van der Waals surface area contributed by atoms with Gasteiger partial charge in [-0.15, -0.1) is 0 Å². The van der Waals surface area contributed by atoms with Crippen LogP contribution in [-0.4, -0.2) is 67.8 Å². The Morgan fingerprint density at radius 2 is 1.88 bits per heavy atom. The van der Waals surface area contributed by atoms with Crippen LogP contribution in [0.15, 0.2) is 0 Å². The smallest absolute Gasteiger partial charge is 0.0706 e. The summed E-state index contributed by atoms with van der Waals surface area (Å²) < 4.78 is 5.90. The van der Waals surface area contributed by atoms with E-state index in [1.807, 2.05) is 0 Å². The topological polar surface area (TPSA) is 41.7 Å². The van der Waals surface area contributed by atoms with Crippen LogP contribution in [0.25, 0.3) is 0 Å². The predicted octanol–water partition coefficient (Wildman–Crippen LogP) is 0.520. The molecule has 0 aromatic heterocycles. The molecule has 2 aliphatic heterocycles. The molecule has 2 aliphatic rings. The van der Waals surface area contributed by atoms with Crippen molar-refractivity contribution in [3.8, 4) is 0 Å². The van der Waals surface area contributed by atoms with Crippen LogP contribution in [0.1, 0.15) is 26.2 Å². The van der Waals surface area contributed by atoms with Gasteiger partial charge in [-0.3, -0.25) is 4.90 Å². The number of nitrogens with zero attached hydrogens (tertiary/aromatic N) is 2. The van der Waals surface area contributed by atoms with Crippen molar-refractivity contribution in [2.24, 2.45) is 5.73 Å². The second-order valence-electron chi connectivity index (χ2n) is 5.43. The van der Waals surface area contributed by atoms with Crippen molar-refractivity contribution in [2.45, 2.75) is 38.4 Å². The molecule has 17 heavy (non-hydrogen) atoms. The minimum absolute atomic E-state index is 0.473. The highest BCUT2D eigenvalue weighted by Crippen LogP contribution is 2.20. The zero-order valence-electron chi connectivity index (χ0n) is 11.1. The monoisotopic (exact) mass is 241 g/mol. The summed E-state index contributed by atoms with van der Waals surface area (Å²) in [5.74, 6) is 0. The Hall–Kier alpha value is -0.160. The highest BCUT2D eigenvalue weighted by atomic mass is 16.5. The zero-order valence-corrected chi connectivity index (χ0v) is 11.1. The Kier molecular flexibility index (Phi) is 5.22. The minimum Gasteiger partial charge on any atom is -0.374 e. The summed E-state index contributed by atoms with van der Waals surface area (Å²) in [7, 11) is 0. The molecule has 4 nitrogen and oxygen atoms in total. The van der Waals surface area contributed by atoms with Gasteiger partial charge in [0.05, 0.1) is 12.2 Å². The van der Waals surface area contributed by atoms with Crippen LogP contribution in [-0.2, 0) is 4.74 Å². The van der Waals surface area contributed by atoms with E-state index in [-0.39, 0.29) is 0 Å². The largest absolute Gasteiger partial charge is 0.374 e. The summed E-state index contributed by atoms with van der Waals surface area (Å²) in [6.45, 7) is 9.90. The van der Waals surface area contributed by atoms with Gasteiger partial charge in [-0.2, -0.15) is 0 Å². The third kappa shape index (κ3) is 4.21. The highest BCUT2D eigenvalue weighted by molar-refractivity contribution is 4.77. The van der Waals surface area contributed by atoms with E-state index in [0.29, 0.717) is 12.2 Å². The van der Waals surface area contributed by atoms with E-state index in [2.05, 4.69) is 16.7 Å². The third-order valence-electron chi connectivity index (χ3n) is 3.91. The van der Waals surface area contributed by atoms with E-state index in [1.54, 1.807) is 0 Å². The lowest BCUT2D eigenvalue weighted by Crippen LogP contribution is -2.37. The average Bonchev–Trinajstić information content (AvgIpc) is 2.58. The van der Waals surface area contributed by atoms with Gasteiger partial charge in [-0.1, -0.05) is 0 Å². The summed E-state index contributed by atoms with van der Waals surface area (Å²) in [6.07, 6.45) is 4.69. The molecule has 0 amide bonds. The molecule has 100 valence electrons. The molecule has 0 spiro atoms. The Morgan fingerprint density at radius 1 is 1.12 bits per heavy atom. The zero-order chi connectivity index (χ0) is 12.1. The first-order valence-electron chi connectivity index (χ1n) is 7.08. The Bertz CT molecular complexity index is 225. The van der Waals surface area contributed by atoms with Crippen LogP contribution < -0.4 is 5.73 Å². The second kappa shape index (κ2) is 6.69. The van der Waals surface area contributed by atoms with Crippen LogP contribution in [0.2, 0.25) is 0 Å². The molecular weight excluding hydrogens is 214 g/mol. The van der Waals surface area contributed by atoms with Gasteiger partial charge in [0.15, 0.2) is 0 Å². The molecule has 2 N–H and O–H groups in total. The minimum atomic E-state index is 0.473. The van der Waals surface area contributed by atoms with E-state index in [1.165, 1.54) is 45.4 Å². The maximum Gasteiger partial charge on any atom is 0.0706 e. The van der Waals surface area contributed by atoms with Gasteiger partial charge in [0.2, 0.25) is 0 Å². The molecule has 2 rings (SSSR count). The van der Waals surface area contributed by atoms with Crippen molar-refractivity contribution in [1.29, 1.82) is 0 Å². The summed E-state index contributed by atoms with van der Waals surface area (Å²) in [6, 6.07) is 0. The van der Waals surface area contributed by atoms with Crippen molar-refractivity contribution in [3.05, 3.63) is 0 Å². The molecule has 0 saturated carbocycles. The van der Waals surface area contributed by atoms with Crippen LogP contribution in [0, 0.1) is 0 Å². The van der Waals surface area contributed by atoms with Gasteiger partial charge >= 0.3 is 0 Å². The molecule has 0 aromatic carbocycles. The highest BCUT2D eigenvalue weighted by Gasteiger charge is 2.24. The van der Waals surface area contributed by atoms with Gasteiger partial charge in [-0.05, 0) is 39.3 Å². The molecule has 2 heterocycles. The van der Waals surface area contributed by atoms with E-state index in [9.17, 15) is 0 Å². The average molecular weight is 241 g/mol. The maximum atomic E-state index is 5.90.